The highest BCUT2D eigenvalue weighted by atomic mass is 32.2. The van der Waals surface area contributed by atoms with E-state index in [0.717, 1.165) is 12.8 Å². The van der Waals surface area contributed by atoms with Gasteiger partial charge >= 0.3 is 5.97 Å². The molecule has 1 aromatic heterocycles. The number of amides is 1. The van der Waals surface area contributed by atoms with Gasteiger partial charge in [0, 0.05) is 11.3 Å². The van der Waals surface area contributed by atoms with E-state index in [9.17, 15) is 9.59 Å². The Labute approximate surface area is 122 Å². The Bertz CT molecular complexity index is 513. The molecule has 6 heteroatoms. The van der Waals surface area contributed by atoms with Gasteiger partial charge in [0.25, 0.3) is 5.91 Å². The normalized spacial score (nSPS) is 16.9. The van der Waals surface area contributed by atoms with Gasteiger partial charge in [-0.1, -0.05) is 18.9 Å². The Balaban J connectivity index is 2.01. The molecular formula is C14H18N2O3S. The van der Waals surface area contributed by atoms with Crippen LogP contribution < -0.4 is 5.32 Å². The molecule has 1 aromatic rings. The fourth-order valence-electron chi connectivity index (χ4n) is 2.48. The highest BCUT2D eigenvalue weighted by molar-refractivity contribution is 8.00. The van der Waals surface area contributed by atoms with Crippen LogP contribution in [-0.4, -0.2) is 39.5 Å². The van der Waals surface area contributed by atoms with Gasteiger partial charge in [-0.15, -0.1) is 0 Å². The average Bonchev–Trinajstić information content (AvgIpc) is 2.94. The summed E-state index contributed by atoms with van der Waals surface area (Å²) < 4.78 is 0.125. The minimum atomic E-state index is -1.13. The van der Waals surface area contributed by atoms with Crippen molar-refractivity contribution in [2.45, 2.75) is 30.4 Å². The summed E-state index contributed by atoms with van der Waals surface area (Å²) in [6, 6.07) is 4.44. The van der Waals surface area contributed by atoms with E-state index >= 15 is 0 Å². The number of pyridine rings is 1. The first-order valence-corrected chi connectivity index (χ1v) is 7.82. The van der Waals surface area contributed by atoms with Crippen molar-refractivity contribution in [1.82, 2.24) is 10.3 Å². The number of aromatic nitrogens is 1. The molecular weight excluding hydrogens is 276 g/mol. The number of carboxylic acid groups (broad SMARTS) is 1. The molecule has 0 spiro atoms. The van der Waals surface area contributed by atoms with Gasteiger partial charge in [-0.3, -0.25) is 4.79 Å². The third-order valence-electron chi connectivity index (χ3n) is 3.72. The first-order valence-electron chi connectivity index (χ1n) is 6.60. The summed E-state index contributed by atoms with van der Waals surface area (Å²) in [6.45, 7) is 0.603. The molecule has 108 valence electrons. The molecule has 5 nitrogen and oxygen atoms in total. The lowest BCUT2D eigenvalue weighted by atomic mass is 10.1. The van der Waals surface area contributed by atoms with E-state index in [1.54, 1.807) is 11.8 Å². The van der Waals surface area contributed by atoms with Gasteiger partial charge in [0.2, 0.25) is 0 Å². The molecule has 0 saturated heterocycles. The number of hydrogen-bond acceptors (Lipinski definition) is 4. The van der Waals surface area contributed by atoms with E-state index in [0.29, 0.717) is 6.54 Å². The van der Waals surface area contributed by atoms with E-state index in [1.807, 2.05) is 0 Å². The Morgan fingerprint density at radius 3 is 2.60 bits per heavy atom. The van der Waals surface area contributed by atoms with E-state index < -0.39 is 5.97 Å². The molecule has 2 rings (SSSR count). The van der Waals surface area contributed by atoms with Crippen molar-refractivity contribution in [2.24, 2.45) is 0 Å². The second-order valence-corrected chi connectivity index (χ2v) is 6.26. The van der Waals surface area contributed by atoms with Crippen molar-refractivity contribution in [3.05, 3.63) is 29.6 Å². The van der Waals surface area contributed by atoms with Gasteiger partial charge < -0.3 is 10.4 Å². The maximum Gasteiger partial charge on any atom is 0.354 e. The minimum absolute atomic E-state index is 0.113. The SMILES string of the molecule is CSC1(CNC(=O)c2cccc(C(=O)O)n2)CCCC1. The molecule has 1 fully saturated rings. The maximum absolute atomic E-state index is 12.1. The van der Waals surface area contributed by atoms with E-state index in [4.69, 9.17) is 5.11 Å². The molecule has 0 atom stereocenters. The summed E-state index contributed by atoms with van der Waals surface area (Å²) in [5.41, 5.74) is 0.0391. The van der Waals surface area contributed by atoms with Crippen molar-refractivity contribution in [2.75, 3.05) is 12.8 Å². The highest BCUT2D eigenvalue weighted by Crippen LogP contribution is 2.39. The molecule has 0 bridgehead atoms. The largest absolute Gasteiger partial charge is 0.477 e. The highest BCUT2D eigenvalue weighted by Gasteiger charge is 2.33. The van der Waals surface area contributed by atoms with Crippen LogP contribution in [-0.2, 0) is 0 Å². The molecule has 1 aliphatic carbocycles. The van der Waals surface area contributed by atoms with Crippen LogP contribution in [0.4, 0.5) is 0 Å². The lowest BCUT2D eigenvalue weighted by Gasteiger charge is -2.26. The van der Waals surface area contributed by atoms with Crippen molar-refractivity contribution in [1.29, 1.82) is 0 Å². The maximum atomic E-state index is 12.1. The lowest BCUT2D eigenvalue weighted by Crippen LogP contribution is -2.38. The monoisotopic (exact) mass is 294 g/mol. The molecule has 1 heterocycles. The quantitative estimate of drug-likeness (QED) is 0.870. The Kier molecular flexibility index (Phi) is 4.65. The lowest BCUT2D eigenvalue weighted by molar-refractivity contribution is 0.0690. The fourth-order valence-corrected chi connectivity index (χ4v) is 3.40. The molecule has 1 aliphatic rings. The van der Waals surface area contributed by atoms with Gasteiger partial charge in [-0.25, -0.2) is 9.78 Å². The number of thioether (sulfide) groups is 1. The summed E-state index contributed by atoms with van der Waals surface area (Å²) >= 11 is 1.80. The van der Waals surface area contributed by atoms with Crippen LogP contribution >= 0.6 is 11.8 Å². The van der Waals surface area contributed by atoms with Crippen molar-refractivity contribution < 1.29 is 14.7 Å². The molecule has 2 N–H and O–H groups in total. The average molecular weight is 294 g/mol. The first-order chi connectivity index (χ1) is 9.56. The first kappa shape index (κ1) is 14.8. The summed E-state index contributed by atoms with van der Waals surface area (Å²) in [5.74, 6) is -1.44. The zero-order valence-electron chi connectivity index (χ0n) is 11.4. The van der Waals surface area contributed by atoms with Gasteiger partial charge in [0.15, 0.2) is 0 Å². The van der Waals surface area contributed by atoms with Crippen molar-refractivity contribution in [3.8, 4) is 0 Å². The second-order valence-electron chi connectivity index (χ2n) is 4.99. The summed E-state index contributed by atoms with van der Waals surface area (Å²) in [5, 5.41) is 11.8. The van der Waals surface area contributed by atoms with Crippen molar-refractivity contribution >= 4 is 23.6 Å². The van der Waals surface area contributed by atoms with E-state index in [2.05, 4.69) is 16.6 Å². The molecule has 0 unspecified atom stereocenters. The standard InChI is InChI=1S/C14H18N2O3S/c1-20-14(7-2-3-8-14)9-15-12(17)10-5-4-6-11(16-10)13(18)19/h4-6H,2-3,7-9H2,1H3,(H,15,17)(H,18,19). The predicted molar refractivity (Wildman–Crippen MR) is 78.2 cm³/mol. The minimum Gasteiger partial charge on any atom is -0.477 e. The zero-order chi connectivity index (χ0) is 14.6. The number of aromatic carboxylic acids is 1. The third-order valence-corrected chi connectivity index (χ3v) is 5.14. The summed E-state index contributed by atoms with van der Waals surface area (Å²) in [6.07, 6.45) is 6.68. The Morgan fingerprint density at radius 1 is 1.35 bits per heavy atom. The van der Waals surface area contributed by atoms with Gasteiger partial charge in [0.1, 0.15) is 11.4 Å². The Hall–Kier alpha value is -1.56. The number of carbonyl (C=O) groups is 2. The number of carboxylic acids is 1. The molecule has 1 amide bonds. The zero-order valence-corrected chi connectivity index (χ0v) is 12.2. The van der Waals surface area contributed by atoms with Crippen molar-refractivity contribution in [3.63, 3.8) is 0 Å². The number of nitrogens with zero attached hydrogens (tertiary/aromatic N) is 1. The number of hydrogen-bond donors (Lipinski definition) is 2. The number of nitrogens with one attached hydrogen (secondary N) is 1. The molecule has 20 heavy (non-hydrogen) atoms. The van der Waals surface area contributed by atoms with Crippen LogP contribution in [0.5, 0.6) is 0 Å². The second kappa shape index (κ2) is 6.26. The van der Waals surface area contributed by atoms with Crippen LogP contribution in [0.2, 0.25) is 0 Å². The predicted octanol–water partition coefficient (Wildman–Crippen LogP) is 2.19. The van der Waals surface area contributed by atoms with Gasteiger partial charge in [-0.05, 0) is 31.2 Å². The Morgan fingerprint density at radius 2 is 2.00 bits per heavy atom. The summed E-state index contributed by atoms with van der Waals surface area (Å²) in [7, 11) is 0. The molecule has 0 aliphatic heterocycles. The van der Waals surface area contributed by atoms with Crippen LogP contribution in [0.15, 0.2) is 18.2 Å². The topological polar surface area (TPSA) is 79.3 Å². The number of rotatable bonds is 5. The molecule has 0 radical (unpaired) electrons. The molecule has 1 saturated carbocycles. The van der Waals surface area contributed by atoms with Crippen LogP contribution in [0.1, 0.15) is 46.7 Å². The molecule has 0 aromatic carbocycles. The van der Waals surface area contributed by atoms with Gasteiger partial charge in [0.05, 0.1) is 0 Å². The smallest absolute Gasteiger partial charge is 0.354 e. The van der Waals surface area contributed by atoms with Crippen LogP contribution in [0.25, 0.3) is 0 Å². The van der Waals surface area contributed by atoms with E-state index in [1.165, 1.54) is 31.0 Å². The van der Waals surface area contributed by atoms with Gasteiger partial charge in [-0.2, -0.15) is 11.8 Å². The number of carbonyl (C=O) groups excluding carboxylic acids is 1. The third kappa shape index (κ3) is 3.30. The summed E-state index contributed by atoms with van der Waals surface area (Å²) in [4.78, 5) is 26.7. The van der Waals surface area contributed by atoms with Crippen LogP contribution in [0, 0.1) is 0 Å². The van der Waals surface area contributed by atoms with Crippen LogP contribution in [0.3, 0.4) is 0 Å². The fraction of sp³-hybridized carbons (Fsp3) is 0.500. The van der Waals surface area contributed by atoms with E-state index in [-0.39, 0.29) is 22.0 Å².